The second-order valence-electron chi connectivity index (χ2n) is 16.2. The molecule has 2 bridgehead atoms. The van der Waals surface area contributed by atoms with Crippen molar-refractivity contribution in [1.82, 2.24) is 0 Å². The van der Waals surface area contributed by atoms with Crippen LogP contribution in [0.4, 0.5) is 0 Å². The fourth-order valence-electron chi connectivity index (χ4n) is 9.06. The Morgan fingerprint density at radius 2 is 1.66 bits per heavy atom. The van der Waals surface area contributed by atoms with E-state index in [-0.39, 0.29) is 6.71 Å². The minimum absolute atomic E-state index is 0.168. The number of rotatable bonds is 9. The molecule has 292 valence electrons. The molecule has 0 fully saturated rings. The first-order valence-corrected chi connectivity index (χ1v) is 21.3. The lowest BCUT2D eigenvalue weighted by Gasteiger charge is -2.20. The zero-order valence-corrected chi connectivity index (χ0v) is 34.9. The van der Waals surface area contributed by atoms with Gasteiger partial charge in [-0.2, -0.15) is 0 Å². The molecule has 1 aliphatic heterocycles. The lowest BCUT2D eigenvalue weighted by molar-refractivity contribution is 0.544. The molecule has 4 aromatic carbocycles. The van der Waals surface area contributed by atoms with Gasteiger partial charge in [0.2, 0.25) is 6.71 Å². The lowest BCUT2D eigenvalue weighted by atomic mass is 9.36. The number of fused-ring (bicyclic) bond motifs is 6. The van der Waals surface area contributed by atoms with Crippen LogP contribution in [0.2, 0.25) is 6.32 Å². The molecule has 0 unspecified atom stereocenters. The molecule has 0 N–H and O–H groups in total. The van der Waals surface area contributed by atoms with Gasteiger partial charge in [0.05, 0.1) is 0 Å². The molecule has 10 rings (SSSR count). The van der Waals surface area contributed by atoms with Crippen molar-refractivity contribution in [2.45, 2.75) is 39.9 Å². The highest BCUT2D eigenvalue weighted by atomic mass is 16.3. The van der Waals surface area contributed by atoms with Crippen molar-refractivity contribution in [3.05, 3.63) is 237 Å². The van der Waals surface area contributed by atoms with E-state index in [4.69, 9.17) is 8.83 Å². The first kappa shape index (κ1) is 38.0. The first-order valence-electron chi connectivity index (χ1n) is 21.3. The van der Waals surface area contributed by atoms with Gasteiger partial charge in [-0.25, -0.2) is 0 Å². The van der Waals surface area contributed by atoms with Crippen LogP contribution in [0.5, 0.6) is 0 Å². The van der Waals surface area contributed by atoms with Gasteiger partial charge >= 0.3 is 0 Å². The quantitative estimate of drug-likeness (QED) is 0.0829. The molecule has 61 heavy (non-hydrogen) atoms. The summed E-state index contributed by atoms with van der Waals surface area (Å²) < 4.78 is 12.7. The minimum atomic E-state index is 0.168. The Morgan fingerprint density at radius 1 is 0.820 bits per heavy atom. The van der Waals surface area contributed by atoms with Gasteiger partial charge in [0.15, 0.2) is 0 Å². The topological polar surface area (TPSA) is 26.3 Å². The largest absolute Gasteiger partial charge is 0.456 e. The molecule has 2 aromatic heterocycles. The zero-order chi connectivity index (χ0) is 41.5. The number of hydrogen-bond acceptors (Lipinski definition) is 2. The van der Waals surface area contributed by atoms with Gasteiger partial charge in [-0.05, 0) is 157 Å². The van der Waals surface area contributed by atoms with Gasteiger partial charge in [0.25, 0.3) is 0 Å². The summed E-state index contributed by atoms with van der Waals surface area (Å²) in [4.78, 5) is 0. The normalized spacial score (nSPS) is 15.9. The smallest absolute Gasteiger partial charge is 0.224 e. The zero-order valence-electron chi connectivity index (χ0n) is 34.9. The summed E-state index contributed by atoms with van der Waals surface area (Å²) in [6.45, 7) is 10.8. The SMILES string of the molecule is C=C/C(=C\C(=C/C)C1=CC=CCC1)C1=CC2=C=C(C=C1)B(C/C=C\c1oc3c(c1C)C=C=C(c1cccc(-c4ccc5oc6ccc(C)cc6c5c4)c1)C=C3)c1ccccc12. The van der Waals surface area contributed by atoms with Gasteiger partial charge in [-0.3, -0.25) is 0 Å². The van der Waals surface area contributed by atoms with Crippen LogP contribution in [0.3, 0.4) is 0 Å². The van der Waals surface area contributed by atoms with Crippen LogP contribution in [-0.4, -0.2) is 6.71 Å². The maximum atomic E-state index is 6.52. The number of aryl methyl sites for hydroxylation is 1. The summed E-state index contributed by atoms with van der Waals surface area (Å²) in [5, 5.41) is 2.28. The Morgan fingerprint density at radius 3 is 2.51 bits per heavy atom. The molecule has 0 atom stereocenters. The molecule has 3 aliphatic carbocycles. The average molecular weight is 785 g/mol. The van der Waals surface area contributed by atoms with E-state index in [0.717, 1.165) is 103 Å². The van der Waals surface area contributed by atoms with Gasteiger partial charge < -0.3 is 8.83 Å². The maximum Gasteiger partial charge on any atom is 0.224 e. The Labute approximate surface area is 358 Å². The first-order chi connectivity index (χ1) is 29.9. The molecule has 0 radical (unpaired) electrons. The van der Waals surface area contributed by atoms with E-state index in [9.17, 15) is 0 Å². The fraction of sp³-hybridized carbons (Fsp3) is 0.103. The Kier molecular flexibility index (Phi) is 9.99. The highest BCUT2D eigenvalue weighted by molar-refractivity contribution is 6.82. The number of benzene rings is 4. The summed E-state index contributed by atoms with van der Waals surface area (Å²) >= 11 is 0. The Bertz CT molecular complexity index is 3230. The number of hydrogen-bond donors (Lipinski definition) is 0. The van der Waals surface area contributed by atoms with E-state index in [0.29, 0.717) is 0 Å². The molecule has 0 amide bonds. The molecular formula is C58H45BO2. The molecular weight excluding hydrogens is 739 g/mol. The van der Waals surface area contributed by atoms with E-state index in [1.165, 1.54) is 33.2 Å². The van der Waals surface area contributed by atoms with Gasteiger partial charge in [-0.15, -0.1) is 11.5 Å². The molecule has 0 saturated carbocycles. The predicted molar refractivity (Wildman–Crippen MR) is 260 cm³/mol. The van der Waals surface area contributed by atoms with Crippen LogP contribution in [0.25, 0.3) is 62.4 Å². The van der Waals surface area contributed by atoms with Crippen LogP contribution in [0.15, 0.2) is 206 Å². The second-order valence-corrected chi connectivity index (χ2v) is 16.2. The highest BCUT2D eigenvalue weighted by Gasteiger charge is 2.28. The molecule has 0 saturated heterocycles. The van der Waals surface area contributed by atoms with E-state index in [1.807, 2.05) is 6.08 Å². The molecule has 2 nitrogen and oxygen atoms in total. The molecule has 3 heterocycles. The summed E-state index contributed by atoms with van der Waals surface area (Å²) in [6.07, 6.45) is 33.4. The summed E-state index contributed by atoms with van der Waals surface area (Å²) in [5.41, 5.74) is 26.7. The highest BCUT2D eigenvalue weighted by Crippen LogP contribution is 2.36. The third-order valence-electron chi connectivity index (χ3n) is 12.4. The van der Waals surface area contributed by atoms with Crippen LogP contribution < -0.4 is 5.46 Å². The van der Waals surface area contributed by atoms with Crippen molar-refractivity contribution in [2.24, 2.45) is 0 Å². The van der Waals surface area contributed by atoms with Gasteiger partial charge in [-0.1, -0.05) is 121 Å². The van der Waals surface area contributed by atoms with Gasteiger partial charge in [0, 0.05) is 33.0 Å². The van der Waals surface area contributed by atoms with Crippen molar-refractivity contribution < 1.29 is 8.83 Å². The Balaban J connectivity index is 0.889. The standard InChI is InChI=1S/C58H45BO2/c1-5-40(42-14-8-7-9-15-42)33-41(6-2)46-22-26-49-36-48(35-46)51-18-10-11-19-54(51)59(49)31-13-20-55-39(4)50-27-23-43(24-29-56(50)60-55)44-16-12-17-45(34-44)47-25-30-58-53(37-47)52-32-38(3)21-28-57(52)61-58/h5-8,10-14,16-22,24-30,32-35,37H,2,9,15,31H2,1,3-4H3/b20-13-,40-5+,41-33+. The van der Waals surface area contributed by atoms with Crippen molar-refractivity contribution in [2.75, 3.05) is 0 Å². The van der Waals surface area contributed by atoms with Crippen molar-refractivity contribution in [3.8, 4) is 11.1 Å². The molecule has 4 aliphatic rings. The van der Waals surface area contributed by atoms with Crippen LogP contribution >= 0.6 is 0 Å². The summed E-state index contributed by atoms with van der Waals surface area (Å²) in [7, 11) is 0. The average Bonchev–Trinajstić information content (AvgIpc) is 3.61. The monoisotopic (exact) mass is 784 g/mol. The van der Waals surface area contributed by atoms with Crippen molar-refractivity contribution in [1.29, 1.82) is 0 Å². The van der Waals surface area contributed by atoms with Crippen LogP contribution in [0, 0.1) is 13.8 Å². The predicted octanol–water partition coefficient (Wildman–Crippen LogP) is 14.9. The molecule has 3 heteroatoms. The van der Waals surface area contributed by atoms with Crippen molar-refractivity contribution >= 4 is 63.5 Å². The number of allylic oxidation sites excluding steroid dienone is 17. The third-order valence-corrected chi connectivity index (χ3v) is 12.4. The third kappa shape index (κ3) is 7.26. The minimum Gasteiger partial charge on any atom is -0.456 e. The Hall–Kier alpha value is -7.28. The lowest BCUT2D eigenvalue weighted by Crippen LogP contribution is -2.35. The van der Waals surface area contributed by atoms with E-state index in [1.54, 1.807) is 0 Å². The molecule has 6 aromatic rings. The second kappa shape index (κ2) is 16.1. The fourth-order valence-corrected chi connectivity index (χ4v) is 9.06. The van der Waals surface area contributed by atoms with Gasteiger partial charge in [0.1, 0.15) is 22.7 Å². The number of furan rings is 2. The maximum absolute atomic E-state index is 6.52. The summed E-state index contributed by atoms with van der Waals surface area (Å²) in [6, 6.07) is 30.3. The van der Waals surface area contributed by atoms with E-state index < -0.39 is 0 Å². The summed E-state index contributed by atoms with van der Waals surface area (Å²) in [5.74, 6) is 1.71. The molecule has 0 spiro atoms. The van der Waals surface area contributed by atoms with Crippen molar-refractivity contribution in [3.63, 3.8) is 0 Å². The van der Waals surface area contributed by atoms with Crippen LogP contribution in [0.1, 0.15) is 59.1 Å². The van der Waals surface area contributed by atoms with E-state index >= 15 is 0 Å². The van der Waals surface area contributed by atoms with Crippen LogP contribution in [-0.2, 0) is 0 Å². The van der Waals surface area contributed by atoms with E-state index in [2.05, 4.69) is 203 Å².